The summed E-state index contributed by atoms with van der Waals surface area (Å²) in [6.07, 6.45) is 4.75. The lowest BCUT2D eigenvalue weighted by Crippen LogP contribution is -2.00. The number of carboxylic acid groups (broad SMARTS) is 1. The molecule has 0 unspecified atom stereocenters. The topological polar surface area (TPSA) is 54.4 Å². The third kappa shape index (κ3) is 4.23. The molecule has 0 bridgehead atoms. The zero-order chi connectivity index (χ0) is 12.7. The molecule has 0 amide bonds. The zero-order valence-corrected chi connectivity index (χ0v) is 9.85. The number of hydrogen-bond donors (Lipinski definition) is 1. The zero-order valence-electron chi connectivity index (χ0n) is 9.85. The minimum absolute atomic E-state index is 0.384. The second-order valence-corrected chi connectivity index (χ2v) is 3.87. The fraction of sp³-hybridized carbons (Fsp3) is 0.286. The second kappa shape index (κ2) is 6.63. The molecular weight excluding hydrogens is 216 g/mol. The Morgan fingerprint density at radius 3 is 2.65 bits per heavy atom. The molecule has 1 N–H and O–H groups in total. The molecule has 1 rings (SSSR count). The van der Waals surface area contributed by atoms with Gasteiger partial charge in [0.15, 0.2) is 0 Å². The number of rotatable bonds is 6. The molecular formula is C14H16O3. The van der Waals surface area contributed by atoms with Crippen molar-refractivity contribution in [3.8, 4) is 0 Å². The Morgan fingerprint density at radius 2 is 2.06 bits per heavy atom. The van der Waals surface area contributed by atoms with Crippen LogP contribution in [0.15, 0.2) is 29.8 Å². The Balaban J connectivity index is 2.94. The Hall–Kier alpha value is -1.90. The first-order chi connectivity index (χ1) is 8.17. The lowest BCUT2D eigenvalue weighted by molar-refractivity contribution is -0.132. The Labute approximate surface area is 101 Å². The molecule has 1 aromatic rings. The van der Waals surface area contributed by atoms with Crippen LogP contribution in [0.5, 0.6) is 0 Å². The van der Waals surface area contributed by atoms with Gasteiger partial charge in [-0.05, 0) is 30.5 Å². The van der Waals surface area contributed by atoms with Crippen molar-refractivity contribution in [2.24, 2.45) is 0 Å². The molecule has 0 aliphatic rings. The molecule has 3 heteroatoms. The van der Waals surface area contributed by atoms with Gasteiger partial charge in [-0.1, -0.05) is 31.5 Å². The lowest BCUT2D eigenvalue weighted by atomic mass is 10.0. The maximum atomic E-state index is 11.0. The molecule has 90 valence electrons. The summed E-state index contributed by atoms with van der Waals surface area (Å²) in [6.45, 7) is 2.02. The number of unbranched alkanes of at least 4 members (excludes halogenated alkanes) is 1. The van der Waals surface area contributed by atoms with Crippen LogP contribution in [0.1, 0.15) is 42.1 Å². The van der Waals surface area contributed by atoms with Crippen LogP contribution in [-0.2, 0) is 4.79 Å². The molecule has 0 aliphatic carbocycles. The second-order valence-electron chi connectivity index (χ2n) is 3.87. The fourth-order valence-electron chi connectivity index (χ4n) is 1.53. The summed E-state index contributed by atoms with van der Waals surface area (Å²) in [5.74, 6) is -0.894. The Morgan fingerprint density at radius 1 is 1.35 bits per heavy atom. The van der Waals surface area contributed by atoms with Crippen LogP contribution in [0.4, 0.5) is 0 Å². The average molecular weight is 232 g/mol. The number of carboxylic acids is 1. The van der Waals surface area contributed by atoms with Gasteiger partial charge in [0.25, 0.3) is 0 Å². The molecule has 0 radical (unpaired) electrons. The van der Waals surface area contributed by atoms with E-state index in [2.05, 4.69) is 0 Å². The van der Waals surface area contributed by atoms with Crippen LogP contribution >= 0.6 is 0 Å². The van der Waals surface area contributed by atoms with E-state index < -0.39 is 5.97 Å². The van der Waals surface area contributed by atoms with Crippen LogP contribution in [0.3, 0.4) is 0 Å². The van der Waals surface area contributed by atoms with Crippen molar-refractivity contribution in [3.63, 3.8) is 0 Å². The van der Waals surface area contributed by atoms with Crippen molar-refractivity contribution in [2.75, 3.05) is 0 Å². The smallest absolute Gasteiger partial charge is 0.331 e. The standard InChI is InChI=1S/C14H16O3/c1-2-3-7-13(14(16)17)9-11-5-4-6-12(8-11)10-15/h4-6,8-10H,2-3,7H2,1H3,(H,16,17). The summed E-state index contributed by atoms with van der Waals surface area (Å²) in [5.41, 5.74) is 1.69. The molecule has 3 nitrogen and oxygen atoms in total. The van der Waals surface area contributed by atoms with Gasteiger partial charge in [-0.3, -0.25) is 4.79 Å². The number of carbonyl (C=O) groups excluding carboxylic acids is 1. The van der Waals surface area contributed by atoms with Gasteiger partial charge in [0.1, 0.15) is 6.29 Å². The molecule has 0 fully saturated rings. The number of aliphatic carboxylic acids is 1. The van der Waals surface area contributed by atoms with Crippen molar-refractivity contribution in [1.29, 1.82) is 0 Å². The highest BCUT2D eigenvalue weighted by Crippen LogP contribution is 2.14. The van der Waals surface area contributed by atoms with E-state index in [9.17, 15) is 9.59 Å². The van der Waals surface area contributed by atoms with Gasteiger partial charge in [0, 0.05) is 11.1 Å². The van der Waals surface area contributed by atoms with Gasteiger partial charge in [0.05, 0.1) is 0 Å². The van der Waals surface area contributed by atoms with Gasteiger partial charge < -0.3 is 5.11 Å². The van der Waals surface area contributed by atoms with Crippen molar-refractivity contribution < 1.29 is 14.7 Å². The first kappa shape index (κ1) is 13.2. The highest BCUT2D eigenvalue weighted by atomic mass is 16.4. The van der Waals surface area contributed by atoms with Gasteiger partial charge in [-0.15, -0.1) is 0 Å². The fourth-order valence-corrected chi connectivity index (χ4v) is 1.53. The van der Waals surface area contributed by atoms with E-state index in [1.807, 2.05) is 6.92 Å². The maximum absolute atomic E-state index is 11.0. The number of benzene rings is 1. The molecule has 0 spiro atoms. The van der Waals surface area contributed by atoms with Crippen molar-refractivity contribution >= 4 is 18.3 Å². The minimum Gasteiger partial charge on any atom is -0.478 e. The predicted molar refractivity (Wildman–Crippen MR) is 67.0 cm³/mol. The van der Waals surface area contributed by atoms with Gasteiger partial charge in [-0.2, -0.15) is 0 Å². The van der Waals surface area contributed by atoms with Crippen LogP contribution in [0.2, 0.25) is 0 Å². The highest BCUT2D eigenvalue weighted by molar-refractivity contribution is 5.92. The summed E-state index contributed by atoms with van der Waals surface area (Å²) in [6, 6.07) is 6.91. The van der Waals surface area contributed by atoms with E-state index in [4.69, 9.17) is 5.11 Å². The molecule has 0 heterocycles. The van der Waals surface area contributed by atoms with Crippen LogP contribution < -0.4 is 0 Å². The van der Waals surface area contributed by atoms with Gasteiger partial charge in [-0.25, -0.2) is 4.79 Å². The largest absolute Gasteiger partial charge is 0.478 e. The van der Waals surface area contributed by atoms with Crippen LogP contribution in [0.25, 0.3) is 6.08 Å². The van der Waals surface area contributed by atoms with Gasteiger partial charge >= 0.3 is 5.97 Å². The van der Waals surface area contributed by atoms with E-state index in [-0.39, 0.29) is 0 Å². The Bertz CT molecular complexity index is 433. The summed E-state index contributed by atoms with van der Waals surface area (Å²) >= 11 is 0. The van der Waals surface area contributed by atoms with Gasteiger partial charge in [0.2, 0.25) is 0 Å². The molecule has 0 saturated heterocycles. The quantitative estimate of drug-likeness (QED) is 0.605. The predicted octanol–water partition coefficient (Wildman–Crippen LogP) is 3.16. The van der Waals surface area contributed by atoms with Crippen molar-refractivity contribution in [1.82, 2.24) is 0 Å². The van der Waals surface area contributed by atoms with Crippen LogP contribution in [0, 0.1) is 0 Å². The molecule has 17 heavy (non-hydrogen) atoms. The minimum atomic E-state index is -0.894. The molecule has 0 saturated carbocycles. The third-order valence-electron chi connectivity index (χ3n) is 2.46. The number of carbonyl (C=O) groups is 2. The maximum Gasteiger partial charge on any atom is 0.331 e. The summed E-state index contributed by atoms with van der Waals surface area (Å²) < 4.78 is 0. The van der Waals surface area contributed by atoms with Crippen molar-refractivity contribution in [3.05, 3.63) is 41.0 Å². The number of hydrogen-bond acceptors (Lipinski definition) is 2. The monoisotopic (exact) mass is 232 g/mol. The normalized spacial score (nSPS) is 11.2. The van der Waals surface area contributed by atoms with E-state index in [1.165, 1.54) is 0 Å². The lowest BCUT2D eigenvalue weighted by Gasteiger charge is -2.02. The van der Waals surface area contributed by atoms with E-state index in [0.717, 1.165) is 24.7 Å². The van der Waals surface area contributed by atoms with E-state index in [0.29, 0.717) is 17.6 Å². The first-order valence-corrected chi connectivity index (χ1v) is 5.66. The van der Waals surface area contributed by atoms with Crippen LogP contribution in [-0.4, -0.2) is 17.4 Å². The number of aldehydes is 1. The van der Waals surface area contributed by atoms with Crippen molar-refractivity contribution in [2.45, 2.75) is 26.2 Å². The Kier molecular flexibility index (Phi) is 5.14. The molecule has 0 aromatic heterocycles. The molecule has 0 aliphatic heterocycles. The van der Waals surface area contributed by atoms with E-state index in [1.54, 1.807) is 30.3 Å². The molecule has 1 aromatic carbocycles. The highest BCUT2D eigenvalue weighted by Gasteiger charge is 2.06. The summed E-state index contributed by atoms with van der Waals surface area (Å²) in [4.78, 5) is 21.6. The van der Waals surface area contributed by atoms with E-state index >= 15 is 0 Å². The summed E-state index contributed by atoms with van der Waals surface area (Å²) in [7, 11) is 0. The SMILES string of the molecule is CCCCC(=Cc1cccc(C=O)c1)C(=O)O. The average Bonchev–Trinajstić information content (AvgIpc) is 2.34. The summed E-state index contributed by atoms with van der Waals surface area (Å²) in [5, 5.41) is 9.05. The molecule has 0 atom stereocenters. The third-order valence-corrected chi connectivity index (χ3v) is 2.46. The first-order valence-electron chi connectivity index (χ1n) is 5.66.